The number of hydrogen-bond donors (Lipinski definition) is 2. The van der Waals surface area contributed by atoms with E-state index in [0.717, 1.165) is 0 Å². The van der Waals surface area contributed by atoms with E-state index in [0.29, 0.717) is 37.7 Å². The monoisotopic (exact) mass is 424 g/mol. The molecular weight excluding hydrogens is 403 g/mol. The molecule has 2 heterocycles. The molecule has 0 radical (unpaired) electrons. The van der Waals surface area contributed by atoms with Crippen molar-refractivity contribution in [2.45, 2.75) is 6.92 Å². The first-order valence-corrected chi connectivity index (χ1v) is 9.79. The molecule has 160 valence electrons. The van der Waals surface area contributed by atoms with E-state index in [2.05, 4.69) is 15.8 Å². The van der Waals surface area contributed by atoms with Crippen molar-refractivity contribution < 1.29 is 23.2 Å². The molecule has 2 aromatic carbocycles. The second-order valence-electron chi connectivity index (χ2n) is 7.00. The Balaban J connectivity index is 1.67. The van der Waals surface area contributed by atoms with Crippen molar-refractivity contribution in [2.75, 3.05) is 41.8 Å². The number of nitrogens with one attached hydrogen (secondary N) is 2. The number of aromatic nitrogens is 1. The van der Waals surface area contributed by atoms with E-state index in [1.54, 1.807) is 42.5 Å². The Kier molecular flexibility index (Phi) is 5.94. The third-order valence-electron chi connectivity index (χ3n) is 4.79. The Hall–Kier alpha value is -3.72. The maximum atomic E-state index is 14.5. The van der Waals surface area contributed by atoms with Gasteiger partial charge in [0.15, 0.2) is 0 Å². The fourth-order valence-electron chi connectivity index (χ4n) is 3.34. The highest BCUT2D eigenvalue weighted by atomic mass is 19.1. The van der Waals surface area contributed by atoms with Crippen molar-refractivity contribution in [1.29, 1.82) is 0 Å². The van der Waals surface area contributed by atoms with E-state index < -0.39 is 11.7 Å². The number of hydrogen-bond acceptors (Lipinski definition) is 6. The lowest BCUT2D eigenvalue weighted by molar-refractivity contribution is -0.114. The van der Waals surface area contributed by atoms with Crippen LogP contribution in [0.2, 0.25) is 0 Å². The minimum Gasteiger partial charge on any atom is -0.378 e. The van der Waals surface area contributed by atoms with E-state index in [4.69, 9.17) is 9.26 Å². The van der Waals surface area contributed by atoms with Crippen molar-refractivity contribution in [1.82, 2.24) is 5.16 Å². The lowest BCUT2D eigenvalue weighted by Crippen LogP contribution is -2.37. The molecule has 3 aromatic rings. The number of ether oxygens (including phenoxy) is 1. The molecule has 2 amide bonds. The van der Waals surface area contributed by atoms with Gasteiger partial charge in [0.25, 0.3) is 5.91 Å². The topological polar surface area (TPSA) is 96.7 Å². The van der Waals surface area contributed by atoms with Crippen LogP contribution in [0.3, 0.4) is 0 Å². The summed E-state index contributed by atoms with van der Waals surface area (Å²) >= 11 is 0. The molecule has 0 spiro atoms. The number of carbonyl (C=O) groups is 2. The van der Waals surface area contributed by atoms with Crippen molar-refractivity contribution in [2.24, 2.45) is 0 Å². The summed E-state index contributed by atoms with van der Waals surface area (Å²) in [7, 11) is 0. The standard InChI is InChI=1S/C22H21FN4O4/c1-14(28)24-15-6-8-16(9-7-15)25-21(29)19-20(17-4-2-3-5-18(17)23)26-31-22(19)27-10-12-30-13-11-27/h2-9H,10-13H2,1H3,(H,24,28)(H,25,29). The van der Waals surface area contributed by atoms with Crippen molar-refractivity contribution in [3.05, 3.63) is 59.9 Å². The van der Waals surface area contributed by atoms with Gasteiger partial charge in [-0.25, -0.2) is 4.39 Å². The van der Waals surface area contributed by atoms with Gasteiger partial charge in [-0.1, -0.05) is 17.3 Å². The van der Waals surface area contributed by atoms with Gasteiger partial charge in [0.1, 0.15) is 17.1 Å². The number of morpholine rings is 1. The summed E-state index contributed by atoms with van der Waals surface area (Å²) < 4.78 is 25.3. The first kappa shape index (κ1) is 20.5. The molecular formula is C22H21FN4O4. The highest BCUT2D eigenvalue weighted by Gasteiger charge is 2.30. The summed E-state index contributed by atoms with van der Waals surface area (Å²) in [6.07, 6.45) is 0. The number of amides is 2. The fraction of sp³-hybridized carbons (Fsp3) is 0.227. The van der Waals surface area contributed by atoms with Gasteiger partial charge in [-0.2, -0.15) is 0 Å². The average Bonchev–Trinajstić information content (AvgIpc) is 3.21. The molecule has 0 bridgehead atoms. The molecule has 1 saturated heterocycles. The maximum absolute atomic E-state index is 14.5. The molecule has 2 N–H and O–H groups in total. The minimum absolute atomic E-state index is 0.131. The smallest absolute Gasteiger partial charge is 0.263 e. The van der Waals surface area contributed by atoms with Gasteiger partial charge in [0.2, 0.25) is 11.8 Å². The molecule has 9 heteroatoms. The maximum Gasteiger partial charge on any atom is 0.263 e. The Labute approximate surface area is 178 Å². The van der Waals surface area contributed by atoms with Crippen LogP contribution in [0.4, 0.5) is 21.6 Å². The van der Waals surface area contributed by atoms with Crippen LogP contribution in [0.1, 0.15) is 17.3 Å². The van der Waals surface area contributed by atoms with Gasteiger partial charge in [-0.3, -0.25) is 9.59 Å². The summed E-state index contributed by atoms with van der Waals surface area (Å²) in [6.45, 7) is 3.44. The minimum atomic E-state index is -0.502. The van der Waals surface area contributed by atoms with E-state index in [-0.39, 0.29) is 28.6 Å². The van der Waals surface area contributed by atoms with E-state index in [9.17, 15) is 14.0 Å². The van der Waals surface area contributed by atoms with Gasteiger partial charge in [-0.15, -0.1) is 0 Å². The molecule has 31 heavy (non-hydrogen) atoms. The second-order valence-corrected chi connectivity index (χ2v) is 7.00. The molecule has 0 unspecified atom stereocenters. The summed E-state index contributed by atoms with van der Waals surface area (Å²) in [6, 6.07) is 12.8. The normalized spacial score (nSPS) is 13.7. The number of anilines is 3. The molecule has 1 aliphatic rings. The first-order valence-electron chi connectivity index (χ1n) is 9.79. The number of benzene rings is 2. The number of halogens is 1. The van der Waals surface area contributed by atoms with E-state index >= 15 is 0 Å². The van der Waals surface area contributed by atoms with Crippen molar-refractivity contribution in [3.8, 4) is 11.3 Å². The van der Waals surface area contributed by atoms with E-state index in [1.165, 1.54) is 13.0 Å². The third-order valence-corrected chi connectivity index (χ3v) is 4.79. The van der Waals surface area contributed by atoms with E-state index in [1.807, 2.05) is 4.90 Å². The Morgan fingerprint density at radius 3 is 2.29 bits per heavy atom. The number of nitrogens with zero attached hydrogens (tertiary/aromatic N) is 2. The zero-order valence-corrected chi connectivity index (χ0v) is 16.9. The molecule has 0 saturated carbocycles. The summed E-state index contributed by atoms with van der Waals surface area (Å²) in [4.78, 5) is 26.3. The van der Waals surface area contributed by atoms with Gasteiger partial charge >= 0.3 is 0 Å². The Bertz CT molecular complexity index is 1090. The molecule has 0 atom stereocenters. The van der Waals surface area contributed by atoms with Crippen LogP contribution in [0.15, 0.2) is 53.1 Å². The van der Waals surface area contributed by atoms with Crippen LogP contribution < -0.4 is 15.5 Å². The van der Waals surface area contributed by atoms with Crippen LogP contribution in [0.25, 0.3) is 11.3 Å². The Morgan fingerprint density at radius 1 is 1.00 bits per heavy atom. The predicted molar refractivity (Wildman–Crippen MR) is 114 cm³/mol. The lowest BCUT2D eigenvalue weighted by atomic mass is 10.1. The van der Waals surface area contributed by atoms with Crippen LogP contribution in [0, 0.1) is 5.82 Å². The molecule has 1 aromatic heterocycles. The molecule has 4 rings (SSSR count). The zero-order chi connectivity index (χ0) is 21.8. The predicted octanol–water partition coefficient (Wildman–Crippen LogP) is 3.53. The highest BCUT2D eigenvalue weighted by molar-refractivity contribution is 6.11. The van der Waals surface area contributed by atoms with Crippen molar-refractivity contribution >= 4 is 29.1 Å². The van der Waals surface area contributed by atoms with Gasteiger partial charge < -0.3 is 24.8 Å². The fourth-order valence-corrected chi connectivity index (χ4v) is 3.34. The molecule has 8 nitrogen and oxygen atoms in total. The van der Waals surface area contributed by atoms with Crippen LogP contribution in [0.5, 0.6) is 0 Å². The van der Waals surface area contributed by atoms with Crippen LogP contribution in [-0.2, 0) is 9.53 Å². The van der Waals surface area contributed by atoms with Crippen molar-refractivity contribution in [3.63, 3.8) is 0 Å². The SMILES string of the molecule is CC(=O)Nc1ccc(NC(=O)c2c(-c3ccccc3F)noc2N2CCOCC2)cc1. The zero-order valence-electron chi connectivity index (χ0n) is 16.9. The molecule has 1 fully saturated rings. The quantitative estimate of drug-likeness (QED) is 0.651. The number of rotatable bonds is 5. The molecule has 0 aliphatic carbocycles. The van der Waals surface area contributed by atoms with Crippen LogP contribution >= 0.6 is 0 Å². The van der Waals surface area contributed by atoms with Crippen LogP contribution in [-0.4, -0.2) is 43.3 Å². The number of carbonyl (C=O) groups excluding carboxylic acids is 2. The summed E-state index contributed by atoms with van der Waals surface area (Å²) in [5.41, 5.74) is 1.58. The lowest BCUT2D eigenvalue weighted by Gasteiger charge is -2.26. The van der Waals surface area contributed by atoms with Gasteiger partial charge in [0, 0.05) is 37.0 Å². The summed E-state index contributed by atoms with van der Waals surface area (Å²) in [5, 5.41) is 9.49. The second kappa shape index (κ2) is 8.97. The highest BCUT2D eigenvalue weighted by Crippen LogP contribution is 2.33. The summed E-state index contributed by atoms with van der Waals surface area (Å²) in [5.74, 6) is -0.897. The van der Waals surface area contributed by atoms with Gasteiger partial charge in [-0.05, 0) is 36.4 Å². The van der Waals surface area contributed by atoms with Gasteiger partial charge in [0.05, 0.1) is 13.2 Å². The molecule has 1 aliphatic heterocycles. The average molecular weight is 424 g/mol. The third kappa shape index (κ3) is 4.56. The Morgan fingerprint density at radius 2 is 1.65 bits per heavy atom. The first-order chi connectivity index (χ1) is 15.0. The largest absolute Gasteiger partial charge is 0.378 e.